The van der Waals surface area contributed by atoms with Gasteiger partial charge in [-0.3, -0.25) is 0 Å². The minimum absolute atomic E-state index is 0.142. The second-order valence-corrected chi connectivity index (χ2v) is 6.92. The average Bonchev–Trinajstić information content (AvgIpc) is 2.75. The maximum atomic E-state index is 11.9. The van der Waals surface area contributed by atoms with Crippen LogP contribution in [0.4, 0.5) is 0 Å². The van der Waals surface area contributed by atoms with Gasteiger partial charge in [-0.2, -0.15) is 0 Å². The number of fused-ring (bicyclic) bond motifs is 1. The molecule has 21 heavy (non-hydrogen) atoms. The van der Waals surface area contributed by atoms with Crippen LogP contribution in [0.1, 0.15) is 0 Å². The van der Waals surface area contributed by atoms with Gasteiger partial charge >= 0.3 is 0 Å². The Bertz CT molecular complexity index is 943. The lowest BCUT2D eigenvalue weighted by Crippen LogP contribution is -1.98. The molecule has 0 radical (unpaired) electrons. The van der Waals surface area contributed by atoms with Crippen LogP contribution < -0.4 is 0 Å². The van der Waals surface area contributed by atoms with E-state index in [2.05, 4.69) is 4.98 Å². The quantitative estimate of drug-likeness (QED) is 0.788. The molecule has 0 atom stereocenters. The number of phenolic OH excluding ortho intramolecular Hbond substituents is 1. The Hall–Kier alpha value is -2.34. The smallest absolute Gasteiger partial charge is 0.177 e. The topological polar surface area (TPSA) is 72.2 Å². The molecule has 0 aliphatic carbocycles. The van der Waals surface area contributed by atoms with Crippen molar-refractivity contribution < 1.29 is 13.5 Å². The lowest BCUT2D eigenvalue weighted by molar-refractivity contribution is 0.475. The fourth-order valence-electron chi connectivity index (χ4n) is 2.39. The highest BCUT2D eigenvalue weighted by atomic mass is 32.2. The number of aromatic nitrogens is 2. The summed E-state index contributed by atoms with van der Waals surface area (Å²) in [5.74, 6) is 0.750. The molecule has 6 heteroatoms. The first-order valence-electron chi connectivity index (χ1n) is 6.33. The Morgan fingerprint density at radius 2 is 1.86 bits per heavy atom. The van der Waals surface area contributed by atoms with E-state index in [-0.39, 0.29) is 10.6 Å². The zero-order valence-electron chi connectivity index (χ0n) is 11.6. The van der Waals surface area contributed by atoms with Crippen LogP contribution in [0.25, 0.3) is 22.4 Å². The monoisotopic (exact) mass is 302 g/mol. The van der Waals surface area contributed by atoms with Crippen LogP contribution in [-0.2, 0) is 16.9 Å². The van der Waals surface area contributed by atoms with Gasteiger partial charge in [-0.05, 0) is 24.3 Å². The predicted octanol–water partition coefficient (Wildman–Crippen LogP) is 2.35. The third-order valence-corrected chi connectivity index (χ3v) is 4.51. The van der Waals surface area contributed by atoms with Gasteiger partial charge in [0.1, 0.15) is 17.1 Å². The van der Waals surface area contributed by atoms with Crippen LogP contribution >= 0.6 is 0 Å². The number of aromatic hydroxyl groups is 1. The van der Waals surface area contributed by atoms with E-state index >= 15 is 0 Å². The van der Waals surface area contributed by atoms with E-state index in [0.717, 1.165) is 11.1 Å². The van der Waals surface area contributed by atoms with Crippen molar-refractivity contribution in [2.45, 2.75) is 4.90 Å². The molecule has 1 aromatic heterocycles. The summed E-state index contributed by atoms with van der Waals surface area (Å²) in [6.45, 7) is 0. The van der Waals surface area contributed by atoms with Crippen LogP contribution in [0.15, 0.2) is 47.4 Å². The lowest BCUT2D eigenvalue weighted by Gasteiger charge is -2.02. The minimum atomic E-state index is -3.35. The van der Waals surface area contributed by atoms with E-state index in [1.165, 1.54) is 6.26 Å². The Morgan fingerprint density at radius 3 is 2.52 bits per heavy atom. The summed E-state index contributed by atoms with van der Waals surface area (Å²) in [6, 6.07) is 11.8. The van der Waals surface area contributed by atoms with Gasteiger partial charge < -0.3 is 9.67 Å². The second-order valence-electron chi connectivity index (χ2n) is 4.94. The Kier molecular flexibility index (Phi) is 2.98. The molecule has 0 saturated heterocycles. The minimum Gasteiger partial charge on any atom is -0.508 e. The van der Waals surface area contributed by atoms with Crippen LogP contribution in [0.3, 0.4) is 0 Å². The van der Waals surface area contributed by atoms with Gasteiger partial charge in [-0.25, -0.2) is 13.4 Å². The van der Waals surface area contributed by atoms with Crippen molar-refractivity contribution >= 4 is 20.9 Å². The van der Waals surface area contributed by atoms with Crippen LogP contribution in [0.2, 0.25) is 0 Å². The number of phenols is 1. The van der Waals surface area contributed by atoms with Gasteiger partial charge in [-0.15, -0.1) is 0 Å². The molecular weight excluding hydrogens is 288 g/mol. The number of para-hydroxylation sites is 1. The standard InChI is InChI=1S/C15H14N2O3S/c1-17-12-7-4-8-13(21(2,19)20)14(12)16-15(17)10-5-3-6-11(18)9-10/h3-9,18H,1-2H3. The van der Waals surface area contributed by atoms with Gasteiger partial charge in [-0.1, -0.05) is 18.2 Å². The number of hydrogen-bond acceptors (Lipinski definition) is 4. The highest BCUT2D eigenvalue weighted by Crippen LogP contribution is 2.29. The van der Waals surface area contributed by atoms with Crippen molar-refractivity contribution in [1.29, 1.82) is 0 Å². The number of benzene rings is 2. The Morgan fingerprint density at radius 1 is 1.14 bits per heavy atom. The van der Waals surface area contributed by atoms with Gasteiger partial charge in [0, 0.05) is 18.9 Å². The van der Waals surface area contributed by atoms with Gasteiger partial charge in [0.2, 0.25) is 0 Å². The van der Waals surface area contributed by atoms with E-state index < -0.39 is 9.84 Å². The number of sulfone groups is 1. The Labute approximate surface area is 122 Å². The summed E-state index contributed by atoms with van der Waals surface area (Å²) in [5.41, 5.74) is 1.91. The van der Waals surface area contributed by atoms with E-state index in [9.17, 15) is 13.5 Å². The molecule has 0 bridgehead atoms. The molecule has 5 nitrogen and oxygen atoms in total. The van der Waals surface area contributed by atoms with E-state index in [1.54, 1.807) is 30.3 Å². The van der Waals surface area contributed by atoms with Crippen LogP contribution in [0, 0.1) is 0 Å². The molecule has 0 spiro atoms. The largest absolute Gasteiger partial charge is 0.508 e. The fourth-order valence-corrected chi connectivity index (χ4v) is 3.22. The summed E-state index contributed by atoms with van der Waals surface area (Å²) in [5, 5.41) is 9.59. The van der Waals surface area contributed by atoms with E-state index in [4.69, 9.17) is 0 Å². The van der Waals surface area contributed by atoms with Crippen molar-refractivity contribution in [3.8, 4) is 17.1 Å². The van der Waals surface area contributed by atoms with Crippen molar-refractivity contribution in [3.63, 3.8) is 0 Å². The number of imidazole rings is 1. The third kappa shape index (κ3) is 2.27. The maximum absolute atomic E-state index is 11.9. The molecular formula is C15H14N2O3S. The van der Waals surface area contributed by atoms with Crippen LogP contribution in [-0.4, -0.2) is 29.3 Å². The summed E-state index contributed by atoms with van der Waals surface area (Å²) in [7, 11) is -1.53. The third-order valence-electron chi connectivity index (χ3n) is 3.38. The zero-order valence-corrected chi connectivity index (χ0v) is 12.4. The summed E-state index contributed by atoms with van der Waals surface area (Å²) < 4.78 is 25.6. The van der Waals surface area contributed by atoms with Crippen molar-refractivity contribution in [1.82, 2.24) is 9.55 Å². The number of rotatable bonds is 2. The fraction of sp³-hybridized carbons (Fsp3) is 0.133. The second kappa shape index (κ2) is 4.60. The molecule has 0 fully saturated rings. The molecule has 1 heterocycles. The normalized spacial score (nSPS) is 11.9. The zero-order chi connectivity index (χ0) is 15.2. The molecule has 3 aromatic rings. The lowest BCUT2D eigenvalue weighted by atomic mass is 10.2. The summed E-state index contributed by atoms with van der Waals surface area (Å²) >= 11 is 0. The summed E-state index contributed by atoms with van der Waals surface area (Å²) in [6.07, 6.45) is 1.17. The first-order chi connectivity index (χ1) is 9.88. The highest BCUT2D eigenvalue weighted by Gasteiger charge is 2.18. The average molecular weight is 302 g/mol. The maximum Gasteiger partial charge on any atom is 0.177 e. The van der Waals surface area contributed by atoms with Gasteiger partial charge in [0.05, 0.1) is 10.4 Å². The molecule has 108 valence electrons. The van der Waals surface area contributed by atoms with Gasteiger partial charge in [0.25, 0.3) is 0 Å². The molecule has 2 aromatic carbocycles. The van der Waals surface area contributed by atoms with Crippen molar-refractivity contribution in [2.24, 2.45) is 7.05 Å². The highest BCUT2D eigenvalue weighted by molar-refractivity contribution is 7.91. The van der Waals surface area contributed by atoms with Crippen LogP contribution in [0.5, 0.6) is 5.75 Å². The number of aryl methyl sites for hydroxylation is 1. The number of hydrogen-bond donors (Lipinski definition) is 1. The molecule has 0 amide bonds. The molecule has 1 N–H and O–H groups in total. The predicted molar refractivity (Wildman–Crippen MR) is 80.9 cm³/mol. The van der Waals surface area contributed by atoms with E-state index in [1.807, 2.05) is 23.7 Å². The summed E-state index contributed by atoms with van der Waals surface area (Å²) in [4.78, 5) is 4.67. The van der Waals surface area contributed by atoms with Gasteiger partial charge in [0.15, 0.2) is 9.84 Å². The molecule has 0 saturated carbocycles. The first kappa shape index (κ1) is 13.6. The molecule has 0 unspecified atom stereocenters. The van der Waals surface area contributed by atoms with E-state index in [0.29, 0.717) is 11.3 Å². The van der Waals surface area contributed by atoms with Crippen molar-refractivity contribution in [3.05, 3.63) is 42.5 Å². The molecule has 3 rings (SSSR count). The molecule has 0 aliphatic rings. The first-order valence-corrected chi connectivity index (χ1v) is 8.22. The Balaban J connectivity index is 2.35. The number of nitrogens with zero attached hydrogens (tertiary/aromatic N) is 2. The SMILES string of the molecule is Cn1c(-c2cccc(O)c2)nc2c(S(C)(=O)=O)cccc21. The molecule has 0 aliphatic heterocycles. The van der Waals surface area contributed by atoms with Crippen molar-refractivity contribution in [2.75, 3.05) is 6.26 Å².